The molecular formula is C10H9Cl2N3O. The molecule has 2 rings (SSSR count). The van der Waals surface area contributed by atoms with Crippen LogP contribution in [-0.4, -0.2) is 28.2 Å². The molecule has 0 amide bonds. The lowest BCUT2D eigenvalue weighted by Crippen LogP contribution is -2.08. The number of aromatic nitrogens is 2. The van der Waals surface area contributed by atoms with Crippen LogP contribution in [0.25, 0.3) is 10.9 Å². The molecule has 1 aromatic heterocycles. The second kappa shape index (κ2) is 4.82. The fraction of sp³-hybridized carbons (Fsp3) is 0.200. The van der Waals surface area contributed by atoms with Gasteiger partial charge in [-0.15, -0.1) is 0 Å². The average Bonchev–Trinajstić information content (AvgIpc) is 2.25. The second-order valence-corrected chi connectivity index (χ2v) is 3.87. The summed E-state index contributed by atoms with van der Waals surface area (Å²) in [6, 6.07) is 5.36. The van der Waals surface area contributed by atoms with E-state index in [1.54, 1.807) is 18.2 Å². The number of anilines is 1. The van der Waals surface area contributed by atoms with Crippen LogP contribution in [0, 0.1) is 0 Å². The molecule has 0 saturated carbocycles. The average molecular weight is 258 g/mol. The number of hydrogen-bond donors (Lipinski definition) is 2. The van der Waals surface area contributed by atoms with Crippen LogP contribution in [0.4, 0.5) is 5.82 Å². The molecule has 0 aliphatic carbocycles. The summed E-state index contributed by atoms with van der Waals surface area (Å²) >= 11 is 11.9. The minimum absolute atomic E-state index is 0.00751. The summed E-state index contributed by atoms with van der Waals surface area (Å²) in [6.45, 7) is 0.390. The Labute approximate surface area is 102 Å². The molecule has 2 aromatic rings. The minimum Gasteiger partial charge on any atom is -0.395 e. The van der Waals surface area contributed by atoms with Crippen molar-refractivity contribution in [1.82, 2.24) is 9.97 Å². The highest BCUT2D eigenvalue weighted by molar-refractivity contribution is 6.36. The van der Waals surface area contributed by atoms with Crippen molar-refractivity contribution in [3.8, 4) is 0 Å². The number of halogens is 2. The molecule has 0 unspecified atom stereocenters. The Morgan fingerprint density at radius 2 is 2.06 bits per heavy atom. The van der Waals surface area contributed by atoms with Gasteiger partial charge in [0, 0.05) is 6.54 Å². The number of aliphatic hydroxyl groups excluding tert-OH is 1. The fourth-order valence-corrected chi connectivity index (χ4v) is 1.85. The number of nitrogens with zero attached hydrogens (tertiary/aromatic N) is 2. The highest BCUT2D eigenvalue weighted by Gasteiger charge is 2.09. The third kappa shape index (κ3) is 2.19. The lowest BCUT2D eigenvalue weighted by molar-refractivity contribution is 0.311. The van der Waals surface area contributed by atoms with E-state index in [1.807, 2.05) is 0 Å². The molecule has 4 nitrogen and oxygen atoms in total. The van der Waals surface area contributed by atoms with E-state index in [1.165, 1.54) is 0 Å². The van der Waals surface area contributed by atoms with E-state index < -0.39 is 0 Å². The molecule has 0 radical (unpaired) electrons. The monoisotopic (exact) mass is 257 g/mol. The summed E-state index contributed by atoms with van der Waals surface area (Å²) < 4.78 is 0. The number of fused-ring (bicyclic) bond motifs is 1. The van der Waals surface area contributed by atoms with Crippen LogP contribution in [0.1, 0.15) is 0 Å². The van der Waals surface area contributed by atoms with Crippen LogP contribution in [0.15, 0.2) is 18.2 Å². The zero-order chi connectivity index (χ0) is 11.5. The van der Waals surface area contributed by atoms with Gasteiger partial charge in [0.25, 0.3) is 0 Å². The van der Waals surface area contributed by atoms with E-state index in [-0.39, 0.29) is 11.9 Å². The first-order chi connectivity index (χ1) is 7.72. The first-order valence-corrected chi connectivity index (χ1v) is 5.44. The van der Waals surface area contributed by atoms with Crippen molar-refractivity contribution in [2.75, 3.05) is 18.5 Å². The molecule has 0 atom stereocenters. The first kappa shape index (κ1) is 11.4. The van der Waals surface area contributed by atoms with Gasteiger partial charge in [-0.25, -0.2) is 9.97 Å². The molecule has 2 N–H and O–H groups in total. The topological polar surface area (TPSA) is 58.0 Å². The summed E-state index contributed by atoms with van der Waals surface area (Å²) in [6.07, 6.45) is 0. The van der Waals surface area contributed by atoms with Gasteiger partial charge in [0.15, 0.2) is 0 Å². The molecule has 84 valence electrons. The van der Waals surface area contributed by atoms with E-state index in [2.05, 4.69) is 15.3 Å². The van der Waals surface area contributed by atoms with Crippen LogP contribution < -0.4 is 5.32 Å². The van der Waals surface area contributed by atoms with Crippen LogP contribution in [0.5, 0.6) is 0 Å². The van der Waals surface area contributed by atoms with Gasteiger partial charge in [-0.05, 0) is 23.7 Å². The van der Waals surface area contributed by atoms with Gasteiger partial charge in [0.05, 0.1) is 22.5 Å². The Morgan fingerprint density at radius 3 is 2.81 bits per heavy atom. The van der Waals surface area contributed by atoms with Gasteiger partial charge in [0.2, 0.25) is 5.28 Å². The zero-order valence-corrected chi connectivity index (χ0v) is 9.76. The van der Waals surface area contributed by atoms with Crippen molar-refractivity contribution in [3.05, 3.63) is 28.5 Å². The summed E-state index contributed by atoms with van der Waals surface area (Å²) in [5.74, 6) is 0.537. The summed E-state index contributed by atoms with van der Waals surface area (Å²) in [5.41, 5.74) is 0.674. The minimum atomic E-state index is 0.00751. The van der Waals surface area contributed by atoms with Crippen molar-refractivity contribution < 1.29 is 5.11 Å². The van der Waals surface area contributed by atoms with Crippen molar-refractivity contribution in [2.45, 2.75) is 0 Å². The van der Waals surface area contributed by atoms with Crippen molar-refractivity contribution in [2.24, 2.45) is 0 Å². The molecule has 6 heteroatoms. The Kier molecular flexibility index (Phi) is 3.43. The van der Waals surface area contributed by atoms with Crippen LogP contribution >= 0.6 is 23.2 Å². The molecule has 1 heterocycles. The third-order valence-electron chi connectivity index (χ3n) is 2.05. The predicted molar refractivity (Wildman–Crippen MR) is 65.1 cm³/mol. The number of nitrogens with one attached hydrogen (secondary N) is 1. The lowest BCUT2D eigenvalue weighted by atomic mass is 10.2. The Hall–Kier alpha value is -1.10. The Morgan fingerprint density at radius 1 is 1.25 bits per heavy atom. The number of hydrogen-bond acceptors (Lipinski definition) is 4. The molecule has 1 aromatic carbocycles. The Bertz CT molecular complexity index is 519. The first-order valence-electron chi connectivity index (χ1n) is 4.69. The molecule has 0 bridgehead atoms. The highest BCUT2D eigenvalue weighted by atomic mass is 35.5. The van der Waals surface area contributed by atoms with Crippen LogP contribution in [0.2, 0.25) is 10.3 Å². The van der Waals surface area contributed by atoms with Gasteiger partial charge in [0.1, 0.15) is 5.82 Å². The maximum atomic E-state index is 8.77. The molecule has 0 spiro atoms. The zero-order valence-electron chi connectivity index (χ0n) is 8.24. The second-order valence-electron chi connectivity index (χ2n) is 3.13. The molecule has 16 heavy (non-hydrogen) atoms. The van der Waals surface area contributed by atoms with Gasteiger partial charge >= 0.3 is 0 Å². The predicted octanol–water partition coefficient (Wildman–Crippen LogP) is 2.34. The van der Waals surface area contributed by atoms with E-state index in [0.29, 0.717) is 28.3 Å². The Balaban J connectivity index is 2.60. The molecule has 0 saturated heterocycles. The van der Waals surface area contributed by atoms with E-state index in [9.17, 15) is 0 Å². The smallest absolute Gasteiger partial charge is 0.224 e. The molecule has 0 fully saturated rings. The largest absolute Gasteiger partial charge is 0.395 e. The van der Waals surface area contributed by atoms with Gasteiger partial charge in [-0.1, -0.05) is 17.7 Å². The van der Waals surface area contributed by atoms with Crippen LogP contribution in [-0.2, 0) is 0 Å². The normalized spacial score (nSPS) is 10.7. The van der Waals surface area contributed by atoms with Gasteiger partial charge in [-0.3, -0.25) is 0 Å². The lowest BCUT2D eigenvalue weighted by Gasteiger charge is -2.08. The van der Waals surface area contributed by atoms with Crippen molar-refractivity contribution >= 4 is 39.9 Å². The highest BCUT2D eigenvalue weighted by Crippen LogP contribution is 2.28. The maximum Gasteiger partial charge on any atom is 0.224 e. The third-order valence-corrected chi connectivity index (χ3v) is 2.53. The van der Waals surface area contributed by atoms with Gasteiger partial charge in [-0.2, -0.15) is 0 Å². The number of rotatable bonds is 3. The van der Waals surface area contributed by atoms with Crippen molar-refractivity contribution in [3.63, 3.8) is 0 Å². The number of benzene rings is 1. The summed E-state index contributed by atoms with van der Waals surface area (Å²) in [7, 11) is 0. The number of aliphatic hydroxyl groups is 1. The van der Waals surface area contributed by atoms with Gasteiger partial charge < -0.3 is 10.4 Å². The van der Waals surface area contributed by atoms with E-state index in [0.717, 1.165) is 0 Å². The molecule has 0 aliphatic rings. The summed E-state index contributed by atoms with van der Waals surface area (Å²) in [4.78, 5) is 8.12. The SMILES string of the molecule is OCCNc1nc(Cl)nc2cccc(Cl)c12. The van der Waals surface area contributed by atoms with Crippen LogP contribution in [0.3, 0.4) is 0 Å². The molecule has 0 aliphatic heterocycles. The quantitative estimate of drug-likeness (QED) is 0.829. The van der Waals surface area contributed by atoms with E-state index >= 15 is 0 Å². The maximum absolute atomic E-state index is 8.77. The van der Waals surface area contributed by atoms with E-state index in [4.69, 9.17) is 28.3 Å². The van der Waals surface area contributed by atoms with Crippen molar-refractivity contribution in [1.29, 1.82) is 0 Å². The fourth-order valence-electron chi connectivity index (χ4n) is 1.42. The standard InChI is InChI=1S/C10H9Cl2N3O/c11-6-2-1-3-7-8(6)9(13-4-5-16)15-10(12)14-7/h1-3,16H,4-5H2,(H,13,14,15). The molecular weight excluding hydrogens is 249 g/mol. The summed E-state index contributed by atoms with van der Waals surface area (Å²) in [5, 5.41) is 13.1.